The van der Waals surface area contributed by atoms with Gasteiger partial charge in [-0.25, -0.2) is 18.1 Å². The fourth-order valence-electron chi connectivity index (χ4n) is 3.28. The lowest BCUT2D eigenvalue weighted by Gasteiger charge is -2.11. The third-order valence-electron chi connectivity index (χ3n) is 4.97. The Morgan fingerprint density at radius 2 is 1.72 bits per heavy atom. The maximum atomic E-state index is 12.7. The summed E-state index contributed by atoms with van der Waals surface area (Å²) < 4.78 is 32.6. The van der Waals surface area contributed by atoms with Gasteiger partial charge < -0.3 is 10.1 Å². The third-order valence-corrected chi connectivity index (χ3v) is 6.43. The molecule has 0 bridgehead atoms. The number of nitrogens with one attached hydrogen (secondary N) is 3. The lowest BCUT2D eigenvalue weighted by atomic mass is 10.1. The summed E-state index contributed by atoms with van der Waals surface area (Å²) >= 11 is 0. The van der Waals surface area contributed by atoms with Crippen LogP contribution < -0.4 is 15.4 Å². The second-order valence-electron chi connectivity index (χ2n) is 7.57. The molecule has 0 amide bonds. The van der Waals surface area contributed by atoms with Crippen LogP contribution in [0.2, 0.25) is 0 Å². The molecule has 3 aromatic carbocycles. The number of esters is 1. The molecule has 0 atom stereocenters. The largest absolute Gasteiger partial charge is 0.466 e. The Labute approximate surface area is 210 Å². The molecule has 0 heterocycles. The molecule has 0 aliphatic carbocycles. The molecule has 0 aliphatic rings. The van der Waals surface area contributed by atoms with E-state index in [1.807, 2.05) is 60.8 Å². The molecule has 3 N–H and O–H groups in total. The van der Waals surface area contributed by atoms with E-state index in [0.29, 0.717) is 23.8 Å². The zero-order valence-corrected chi connectivity index (χ0v) is 20.6. The van der Waals surface area contributed by atoms with Crippen LogP contribution in [0.1, 0.15) is 18.9 Å². The molecule has 3 aromatic rings. The summed E-state index contributed by atoms with van der Waals surface area (Å²) in [6.45, 7) is 2.27. The molecular formula is C26H27N5O4S. The lowest BCUT2D eigenvalue weighted by Crippen LogP contribution is -2.27. The van der Waals surface area contributed by atoms with Gasteiger partial charge in [0.2, 0.25) is 16.0 Å². The average molecular weight is 506 g/mol. The quantitative estimate of drug-likeness (QED) is 0.126. The molecule has 0 radical (unpaired) electrons. The van der Waals surface area contributed by atoms with Crippen molar-refractivity contribution >= 4 is 27.6 Å². The number of sulfonamides is 1. The summed E-state index contributed by atoms with van der Waals surface area (Å²) in [5.74, 6) is -0.170. The monoisotopic (exact) mass is 505 g/mol. The first kappa shape index (κ1) is 26.4. The molecule has 0 aliphatic heterocycles. The van der Waals surface area contributed by atoms with Crippen LogP contribution in [0, 0.1) is 11.5 Å². The number of benzene rings is 3. The number of carbonyl (C=O) groups is 1. The SMILES string of the molecule is CCOC(=O)CCNS(=O)(=O)c1cccc(-c2cccc(NC(=NCc3ccccc3)NC#N)c2)c1. The van der Waals surface area contributed by atoms with Crippen molar-refractivity contribution in [3.05, 3.63) is 84.4 Å². The van der Waals surface area contributed by atoms with Crippen LogP contribution in [0.5, 0.6) is 0 Å². The summed E-state index contributed by atoms with van der Waals surface area (Å²) in [6.07, 6.45) is 1.83. The highest BCUT2D eigenvalue weighted by Gasteiger charge is 2.15. The number of hydrogen-bond donors (Lipinski definition) is 3. The topological polar surface area (TPSA) is 133 Å². The Hall–Kier alpha value is -4.20. The molecular weight excluding hydrogens is 478 g/mol. The zero-order chi connectivity index (χ0) is 25.8. The van der Waals surface area contributed by atoms with E-state index in [9.17, 15) is 13.2 Å². The number of aliphatic imine (C=N–C) groups is 1. The van der Waals surface area contributed by atoms with Gasteiger partial charge >= 0.3 is 5.97 Å². The van der Waals surface area contributed by atoms with Gasteiger partial charge in [0.1, 0.15) is 0 Å². The van der Waals surface area contributed by atoms with E-state index in [1.165, 1.54) is 6.07 Å². The van der Waals surface area contributed by atoms with Gasteiger partial charge in [-0.1, -0.05) is 54.6 Å². The highest BCUT2D eigenvalue weighted by Crippen LogP contribution is 2.25. The van der Waals surface area contributed by atoms with Gasteiger partial charge in [0, 0.05) is 12.2 Å². The van der Waals surface area contributed by atoms with Crippen molar-refractivity contribution in [1.29, 1.82) is 5.26 Å². The number of hydrogen-bond acceptors (Lipinski definition) is 6. The lowest BCUT2D eigenvalue weighted by molar-refractivity contribution is -0.142. The van der Waals surface area contributed by atoms with E-state index >= 15 is 0 Å². The van der Waals surface area contributed by atoms with E-state index < -0.39 is 16.0 Å². The van der Waals surface area contributed by atoms with E-state index in [4.69, 9.17) is 10.00 Å². The van der Waals surface area contributed by atoms with Crippen LogP contribution in [0.4, 0.5) is 5.69 Å². The number of ether oxygens (including phenoxy) is 1. The maximum absolute atomic E-state index is 12.7. The number of rotatable bonds is 10. The van der Waals surface area contributed by atoms with E-state index in [1.54, 1.807) is 25.1 Å². The molecule has 186 valence electrons. The predicted octanol–water partition coefficient (Wildman–Crippen LogP) is 3.62. The normalized spacial score (nSPS) is 11.4. The van der Waals surface area contributed by atoms with Crippen molar-refractivity contribution in [2.75, 3.05) is 18.5 Å². The summed E-state index contributed by atoms with van der Waals surface area (Å²) in [5.41, 5.74) is 3.12. The minimum atomic E-state index is -3.81. The molecule has 10 heteroatoms. The minimum absolute atomic E-state index is 0.0502. The molecule has 36 heavy (non-hydrogen) atoms. The van der Waals surface area contributed by atoms with E-state index in [-0.39, 0.29) is 24.5 Å². The van der Waals surface area contributed by atoms with Gasteiger partial charge in [0.05, 0.1) is 24.5 Å². The first-order chi connectivity index (χ1) is 17.4. The molecule has 0 saturated carbocycles. The van der Waals surface area contributed by atoms with Gasteiger partial charge in [-0.05, 0) is 47.9 Å². The van der Waals surface area contributed by atoms with Gasteiger partial charge in [-0.2, -0.15) is 5.26 Å². The fraction of sp³-hybridized carbons (Fsp3) is 0.192. The number of anilines is 1. The van der Waals surface area contributed by atoms with E-state index in [0.717, 1.165) is 11.1 Å². The first-order valence-electron chi connectivity index (χ1n) is 11.3. The molecule has 0 unspecified atom stereocenters. The molecule has 0 fully saturated rings. The number of carbonyl (C=O) groups excluding carboxylic acids is 1. The molecule has 0 spiro atoms. The minimum Gasteiger partial charge on any atom is -0.466 e. The van der Waals surface area contributed by atoms with Gasteiger partial charge in [0.15, 0.2) is 6.19 Å². The van der Waals surface area contributed by atoms with Crippen molar-refractivity contribution in [2.45, 2.75) is 24.8 Å². The number of nitrogens with zero attached hydrogens (tertiary/aromatic N) is 2. The smallest absolute Gasteiger partial charge is 0.307 e. The molecule has 0 aromatic heterocycles. The van der Waals surface area contributed by atoms with Crippen LogP contribution in [-0.4, -0.2) is 33.5 Å². The van der Waals surface area contributed by atoms with Gasteiger partial charge in [-0.3, -0.25) is 10.1 Å². The number of nitriles is 1. The van der Waals surface area contributed by atoms with Crippen LogP contribution in [0.3, 0.4) is 0 Å². The standard InChI is InChI=1S/C26H27N5O4S/c1-2-35-25(32)14-15-30-36(33,34)24-13-7-11-22(17-24)21-10-6-12-23(16-21)31-26(29-19-27)28-18-20-8-4-3-5-9-20/h3-13,16-17,30H,2,14-15,18H2,1H3,(H2,28,29,31). The fourth-order valence-corrected chi connectivity index (χ4v) is 4.35. The Bertz CT molecular complexity index is 1350. The molecule has 9 nitrogen and oxygen atoms in total. The highest BCUT2D eigenvalue weighted by molar-refractivity contribution is 7.89. The first-order valence-corrected chi connectivity index (χ1v) is 12.8. The zero-order valence-electron chi connectivity index (χ0n) is 19.8. The third kappa shape index (κ3) is 7.94. The molecule has 0 saturated heterocycles. The Morgan fingerprint density at radius 1 is 1.00 bits per heavy atom. The predicted molar refractivity (Wildman–Crippen MR) is 138 cm³/mol. The Balaban J connectivity index is 1.74. The highest BCUT2D eigenvalue weighted by atomic mass is 32.2. The van der Waals surface area contributed by atoms with Crippen LogP contribution in [0.15, 0.2) is 88.8 Å². The summed E-state index contributed by atoms with van der Waals surface area (Å²) in [5, 5.41) is 14.7. The van der Waals surface area contributed by atoms with Crippen molar-refractivity contribution in [3.63, 3.8) is 0 Å². The Kier molecular flexibility index (Phi) is 9.56. The van der Waals surface area contributed by atoms with E-state index in [2.05, 4.69) is 20.3 Å². The van der Waals surface area contributed by atoms with Crippen molar-refractivity contribution in [1.82, 2.24) is 10.0 Å². The summed E-state index contributed by atoms with van der Waals surface area (Å²) in [4.78, 5) is 16.0. The van der Waals surface area contributed by atoms with Crippen LogP contribution in [0.25, 0.3) is 11.1 Å². The van der Waals surface area contributed by atoms with Crippen molar-refractivity contribution in [2.24, 2.45) is 4.99 Å². The maximum Gasteiger partial charge on any atom is 0.307 e. The number of guanidine groups is 1. The second kappa shape index (κ2) is 13.0. The molecule has 3 rings (SSSR count). The summed E-state index contributed by atoms with van der Waals surface area (Å²) in [7, 11) is -3.81. The second-order valence-corrected chi connectivity index (χ2v) is 9.34. The van der Waals surface area contributed by atoms with Crippen molar-refractivity contribution < 1.29 is 17.9 Å². The summed E-state index contributed by atoms with van der Waals surface area (Å²) in [6, 6.07) is 23.5. The van der Waals surface area contributed by atoms with Crippen LogP contribution >= 0.6 is 0 Å². The van der Waals surface area contributed by atoms with Gasteiger partial charge in [-0.15, -0.1) is 0 Å². The Morgan fingerprint density at radius 3 is 2.44 bits per heavy atom. The average Bonchev–Trinajstić information content (AvgIpc) is 2.88. The van der Waals surface area contributed by atoms with Crippen molar-refractivity contribution in [3.8, 4) is 17.3 Å². The van der Waals surface area contributed by atoms with Crippen LogP contribution in [-0.2, 0) is 26.1 Å². The van der Waals surface area contributed by atoms with Gasteiger partial charge in [0.25, 0.3) is 0 Å².